The van der Waals surface area contributed by atoms with Crippen molar-refractivity contribution in [2.45, 2.75) is 45.6 Å². The van der Waals surface area contributed by atoms with E-state index < -0.39 is 23.3 Å². The molecule has 7 heteroatoms. The fraction of sp³-hybridized carbons (Fsp3) is 0.556. The van der Waals surface area contributed by atoms with Gasteiger partial charge < -0.3 is 14.2 Å². The van der Waals surface area contributed by atoms with Crippen molar-refractivity contribution < 1.29 is 33.4 Å². The largest absolute Gasteiger partial charge is 0.462 e. The third-order valence-corrected chi connectivity index (χ3v) is 3.23. The minimum absolute atomic E-state index is 0.164. The maximum absolute atomic E-state index is 12.2. The summed E-state index contributed by atoms with van der Waals surface area (Å²) in [6, 6.07) is 0. The molecule has 0 amide bonds. The van der Waals surface area contributed by atoms with Crippen molar-refractivity contribution >= 4 is 24.0 Å². The first-order valence-corrected chi connectivity index (χ1v) is 8.03. The van der Waals surface area contributed by atoms with Crippen molar-refractivity contribution in [3.05, 3.63) is 24.3 Å². The van der Waals surface area contributed by atoms with Gasteiger partial charge in [-0.1, -0.05) is 13.2 Å². The Balaban J connectivity index is 4.06. The number of hydrogen-bond donors (Lipinski definition) is 0. The molecule has 0 radical (unpaired) electrons. The molecule has 0 aliphatic carbocycles. The Bertz CT molecular complexity index is 532. The lowest BCUT2D eigenvalue weighted by Gasteiger charge is -2.24. The number of esters is 2. The first kappa shape index (κ1) is 22.7. The first-order valence-electron chi connectivity index (χ1n) is 8.03. The van der Waals surface area contributed by atoms with Crippen LogP contribution in [-0.4, -0.2) is 49.4 Å². The first-order chi connectivity index (χ1) is 11.7. The zero-order chi connectivity index (χ0) is 19.5. The molecule has 0 aromatic heterocycles. The summed E-state index contributed by atoms with van der Waals surface area (Å²) < 4.78 is 15.1. The molecule has 0 N–H and O–H groups in total. The fourth-order valence-corrected chi connectivity index (χ4v) is 1.75. The molecule has 0 aromatic carbocycles. The Morgan fingerprint density at radius 3 is 2.12 bits per heavy atom. The topological polar surface area (TPSA) is 96.0 Å². The van der Waals surface area contributed by atoms with Gasteiger partial charge in [-0.25, -0.2) is 9.59 Å². The van der Waals surface area contributed by atoms with Gasteiger partial charge in [0.2, 0.25) is 5.78 Å². The van der Waals surface area contributed by atoms with Crippen LogP contribution in [0.15, 0.2) is 24.3 Å². The van der Waals surface area contributed by atoms with E-state index >= 15 is 0 Å². The maximum Gasteiger partial charge on any atom is 0.341 e. The smallest absolute Gasteiger partial charge is 0.341 e. The Labute approximate surface area is 148 Å². The molecule has 7 nitrogen and oxygen atoms in total. The number of unbranched alkanes of at least 4 members (excludes halogenated alkanes) is 2. The van der Waals surface area contributed by atoms with Crippen molar-refractivity contribution in [3.8, 4) is 0 Å². The normalized spacial score (nSPS) is 10.7. The van der Waals surface area contributed by atoms with Crippen LogP contribution in [0.2, 0.25) is 0 Å². The fourth-order valence-electron chi connectivity index (χ4n) is 1.75. The van der Waals surface area contributed by atoms with Gasteiger partial charge >= 0.3 is 11.9 Å². The van der Waals surface area contributed by atoms with Crippen molar-refractivity contribution in [2.75, 3.05) is 19.8 Å². The zero-order valence-corrected chi connectivity index (χ0v) is 15.1. The summed E-state index contributed by atoms with van der Waals surface area (Å²) in [5.74, 6) is -1.99. The highest BCUT2D eigenvalue weighted by Gasteiger charge is 2.33. The van der Waals surface area contributed by atoms with E-state index in [0.29, 0.717) is 32.2 Å². The highest BCUT2D eigenvalue weighted by atomic mass is 16.5. The van der Waals surface area contributed by atoms with Crippen LogP contribution in [0, 0.1) is 0 Å². The van der Waals surface area contributed by atoms with Crippen LogP contribution >= 0.6 is 0 Å². The Morgan fingerprint density at radius 1 is 0.960 bits per heavy atom. The lowest BCUT2D eigenvalue weighted by Crippen LogP contribution is -2.38. The van der Waals surface area contributed by atoms with Crippen molar-refractivity contribution in [1.29, 1.82) is 0 Å². The van der Waals surface area contributed by atoms with Gasteiger partial charge in [0.25, 0.3) is 0 Å². The number of rotatable bonds is 13. The van der Waals surface area contributed by atoms with Crippen LogP contribution < -0.4 is 0 Å². The van der Waals surface area contributed by atoms with Crippen molar-refractivity contribution in [2.24, 2.45) is 0 Å². The highest BCUT2D eigenvalue weighted by molar-refractivity contribution is 6.19. The molecule has 0 heterocycles. The Morgan fingerprint density at radius 2 is 1.56 bits per heavy atom. The SMILES string of the molecule is C=C(C=O)C(=O)OCCCCCOC(C)(C)C(=O)C(=C)C(=O)OCC. The van der Waals surface area contributed by atoms with Gasteiger partial charge in [0.05, 0.1) is 24.4 Å². The summed E-state index contributed by atoms with van der Waals surface area (Å²) in [5.41, 5.74) is -1.64. The molecular weight excluding hydrogens is 328 g/mol. The van der Waals surface area contributed by atoms with E-state index in [1.807, 2.05) is 0 Å². The molecule has 0 spiro atoms. The summed E-state index contributed by atoms with van der Waals surface area (Å²) >= 11 is 0. The molecule has 0 aromatic rings. The van der Waals surface area contributed by atoms with Gasteiger partial charge in [-0.2, -0.15) is 0 Å². The highest BCUT2D eigenvalue weighted by Crippen LogP contribution is 2.17. The van der Waals surface area contributed by atoms with E-state index in [4.69, 9.17) is 14.2 Å². The third-order valence-electron chi connectivity index (χ3n) is 3.23. The van der Waals surface area contributed by atoms with Crippen molar-refractivity contribution in [1.82, 2.24) is 0 Å². The molecule has 0 bridgehead atoms. The van der Waals surface area contributed by atoms with Gasteiger partial charge in [-0.3, -0.25) is 9.59 Å². The third kappa shape index (κ3) is 8.39. The predicted molar refractivity (Wildman–Crippen MR) is 90.8 cm³/mol. The molecule has 0 fully saturated rings. The second-order valence-electron chi connectivity index (χ2n) is 5.73. The Hall–Kier alpha value is -2.28. The second kappa shape index (κ2) is 11.3. The lowest BCUT2D eigenvalue weighted by atomic mass is 9.97. The van der Waals surface area contributed by atoms with Crippen LogP contribution in [0.3, 0.4) is 0 Å². The number of hydrogen-bond acceptors (Lipinski definition) is 7. The Kier molecular flexibility index (Phi) is 10.3. The van der Waals surface area contributed by atoms with E-state index in [0.717, 1.165) is 0 Å². The number of aldehydes is 1. The molecule has 0 atom stereocenters. The van der Waals surface area contributed by atoms with E-state index in [1.54, 1.807) is 20.8 Å². The molecule has 0 saturated carbocycles. The predicted octanol–water partition coefficient (Wildman–Crippen LogP) is 1.94. The molecule has 0 unspecified atom stereocenters. The number of Topliss-reactive ketones (excluding diaryl/α,β-unsaturated/α-hetero) is 1. The minimum atomic E-state index is -1.18. The lowest BCUT2D eigenvalue weighted by molar-refractivity contribution is -0.145. The molecule has 0 saturated heterocycles. The van der Waals surface area contributed by atoms with E-state index in [9.17, 15) is 19.2 Å². The van der Waals surface area contributed by atoms with E-state index in [1.165, 1.54) is 0 Å². The summed E-state index contributed by atoms with van der Waals surface area (Å²) in [7, 11) is 0. The summed E-state index contributed by atoms with van der Waals surface area (Å²) in [5, 5.41) is 0. The number of carbonyl (C=O) groups excluding carboxylic acids is 4. The van der Waals surface area contributed by atoms with Crippen LogP contribution in [0.5, 0.6) is 0 Å². The van der Waals surface area contributed by atoms with Gasteiger partial charge in [-0.15, -0.1) is 0 Å². The van der Waals surface area contributed by atoms with Gasteiger partial charge in [0.1, 0.15) is 5.60 Å². The second-order valence-corrected chi connectivity index (χ2v) is 5.73. The van der Waals surface area contributed by atoms with E-state index in [-0.39, 0.29) is 24.4 Å². The molecule has 0 aliphatic heterocycles. The molecule has 0 aliphatic rings. The van der Waals surface area contributed by atoms with Gasteiger partial charge in [0, 0.05) is 6.61 Å². The van der Waals surface area contributed by atoms with Gasteiger partial charge in [-0.05, 0) is 40.0 Å². The molecular formula is C18H26O7. The monoisotopic (exact) mass is 354 g/mol. The summed E-state index contributed by atoms with van der Waals surface area (Å²) in [4.78, 5) is 45.2. The zero-order valence-electron chi connectivity index (χ0n) is 15.1. The summed E-state index contributed by atoms with van der Waals surface area (Å²) in [6.07, 6.45) is 2.27. The van der Waals surface area contributed by atoms with Crippen molar-refractivity contribution in [3.63, 3.8) is 0 Å². The summed E-state index contributed by atoms with van der Waals surface area (Å²) in [6.45, 7) is 12.1. The molecule has 0 rings (SSSR count). The van der Waals surface area contributed by atoms with Crippen LogP contribution in [0.4, 0.5) is 0 Å². The van der Waals surface area contributed by atoms with Gasteiger partial charge in [0.15, 0.2) is 6.29 Å². The quantitative estimate of drug-likeness (QED) is 0.124. The number of ketones is 1. The number of carbonyl (C=O) groups is 4. The maximum atomic E-state index is 12.2. The van der Waals surface area contributed by atoms with Crippen LogP contribution in [0.25, 0.3) is 0 Å². The average Bonchev–Trinajstić information content (AvgIpc) is 2.58. The van der Waals surface area contributed by atoms with Crippen LogP contribution in [0.1, 0.15) is 40.0 Å². The van der Waals surface area contributed by atoms with E-state index in [2.05, 4.69) is 13.2 Å². The van der Waals surface area contributed by atoms with Crippen LogP contribution in [-0.2, 0) is 33.4 Å². The average molecular weight is 354 g/mol. The standard InChI is InChI=1S/C18H26O7/c1-6-23-17(22)14(3)15(20)18(4,5)25-11-9-7-8-10-24-16(21)13(2)12-19/h12H,2-3,6-11H2,1,4-5H3. The number of ether oxygens (including phenoxy) is 3. The minimum Gasteiger partial charge on any atom is -0.462 e. The molecule has 140 valence electrons. The molecule has 25 heavy (non-hydrogen) atoms.